The third-order valence-electron chi connectivity index (χ3n) is 6.34. The van der Waals surface area contributed by atoms with Crippen LogP contribution in [0.4, 0.5) is 10.1 Å². The normalized spacial score (nSPS) is 30.9. The highest BCUT2D eigenvalue weighted by atomic mass is 35.5. The van der Waals surface area contributed by atoms with Crippen LogP contribution in [0.1, 0.15) is 5.56 Å². The van der Waals surface area contributed by atoms with Crippen molar-refractivity contribution in [3.05, 3.63) is 64.9 Å². The first kappa shape index (κ1) is 19.9. The van der Waals surface area contributed by atoms with E-state index in [1.807, 2.05) is 0 Å². The van der Waals surface area contributed by atoms with Crippen LogP contribution in [0.2, 0.25) is 5.02 Å². The number of hydrogen-bond acceptors (Lipinski definition) is 4. The van der Waals surface area contributed by atoms with Gasteiger partial charge in [0.05, 0.1) is 16.1 Å². The van der Waals surface area contributed by atoms with Crippen LogP contribution in [0.3, 0.4) is 0 Å². The number of benzene rings is 2. The van der Waals surface area contributed by atoms with Gasteiger partial charge in [0.1, 0.15) is 5.82 Å². The molecule has 4 heterocycles. The molecule has 6 rings (SSSR count). The van der Waals surface area contributed by atoms with Crippen molar-refractivity contribution in [2.45, 2.75) is 5.41 Å². The Balaban J connectivity index is 1.42. The van der Waals surface area contributed by atoms with E-state index in [-0.39, 0.29) is 10.4 Å². The summed E-state index contributed by atoms with van der Waals surface area (Å²) in [6.07, 6.45) is 0. The van der Waals surface area contributed by atoms with E-state index in [9.17, 15) is 4.39 Å². The number of anilines is 1. The molecular formula is C22H23ClFN5S. The minimum absolute atomic E-state index is 0.0533. The Morgan fingerprint density at radius 3 is 2.47 bits per heavy atom. The maximum absolute atomic E-state index is 13.4. The van der Waals surface area contributed by atoms with E-state index in [2.05, 4.69) is 50.9 Å². The highest BCUT2D eigenvalue weighted by Gasteiger charge is 2.53. The molecule has 2 atom stereocenters. The summed E-state index contributed by atoms with van der Waals surface area (Å²) in [4.78, 5) is 5.14. The van der Waals surface area contributed by atoms with Gasteiger partial charge in [-0.2, -0.15) is 5.10 Å². The van der Waals surface area contributed by atoms with Gasteiger partial charge < -0.3 is 15.1 Å². The molecule has 4 aliphatic rings. The number of hydrazone groups is 1. The van der Waals surface area contributed by atoms with Crippen LogP contribution in [0.15, 0.2) is 53.6 Å². The van der Waals surface area contributed by atoms with Gasteiger partial charge in [0.15, 0.2) is 5.11 Å². The van der Waals surface area contributed by atoms with Crippen molar-refractivity contribution in [1.82, 2.24) is 15.2 Å². The summed E-state index contributed by atoms with van der Waals surface area (Å²) >= 11 is 11.3. The summed E-state index contributed by atoms with van der Waals surface area (Å²) in [6.45, 7) is 6.21. The van der Waals surface area contributed by atoms with Gasteiger partial charge in [-0.3, -0.25) is 5.43 Å². The zero-order valence-electron chi connectivity index (χ0n) is 16.4. The first-order valence-corrected chi connectivity index (χ1v) is 10.9. The molecule has 4 aliphatic heterocycles. The lowest BCUT2D eigenvalue weighted by Gasteiger charge is -2.50. The molecule has 0 aromatic heterocycles. The second-order valence-electron chi connectivity index (χ2n) is 8.31. The molecule has 0 aliphatic carbocycles. The van der Waals surface area contributed by atoms with Crippen molar-refractivity contribution in [2.75, 3.05) is 44.6 Å². The number of nitrogens with one attached hydrogen (secondary N) is 2. The van der Waals surface area contributed by atoms with Gasteiger partial charge in [-0.15, -0.1) is 0 Å². The first-order valence-electron chi connectivity index (χ1n) is 10.1. The molecule has 0 radical (unpaired) electrons. The van der Waals surface area contributed by atoms with Crippen LogP contribution in [-0.4, -0.2) is 59.9 Å². The van der Waals surface area contributed by atoms with Crippen molar-refractivity contribution >= 4 is 40.3 Å². The fourth-order valence-corrected chi connectivity index (χ4v) is 5.45. The van der Waals surface area contributed by atoms with Crippen LogP contribution in [0.5, 0.6) is 0 Å². The standard InChI is InChI=1S/C22H23ClFN5S/c23-18-10-17(6-7-19(18)24)25-21(30)27-26-20-15-11-28-8-9-29(12-15)14-22(20,13-28)16-4-2-1-3-5-16/h1-7,10,15H,8-9,11-14H2,(H2,25,27,30)/b26-20-. The third kappa shape index (κ3) is 3.60. The molecule has 4 fully saturated rings. The molecule has 2 N–H and O–H groups in total. The number of halogens is 2. The van der Waals surface area contributed by atoms with Crippen LogP contribution in [0, 0.1) is 11.7 Å². The van der Waals surface area contributed by atoms with Gasteiger partial charge in [-0.1, -0.05) is 41.9 Å². The van der Waals surface area contributed by atoms with Crippen molar-refractivity contribution in [2.24, 2.45) is 11.0 Å². The summed E-state index contributed by atoms with van der Waals surface area (Å²) < 4.78 is 13.4. The first-order chi connectivity index (χ1) is 14.5. The lowest BCUT2D eigenvalue weighted by Crippen LogP contribution is -2.64. The maximum atomic E-state index is 13.4. The minimum atomic E-state index is -0.458. The van der Waals surface area contributed by atoms with E-state index in [0.29, 0.717) is 16.7 Å². The molecule has 4 saturated heterocycles. The molecule has 0 spiro atoms. The zero-order valence-corrected chi connectivity index (χ0v) is 18.0. The van der Waals surface area contributed by atoms with Crippen LogP contribution in [-0.2, 0) is 5.41 Å². The van der Waals surface area contributed by atoms with Gasteiger partial charge in [0, 0.05) is 50.9 Å². The number of piperidine rings is 2. The van der Waals surface area contributed by atoms with Crippen LogP contribution in [0.25, 0.3) is 0 Å². The highest BCUT2D eigenvalue weighted by Crippen LogP contribution is 2.41. The van der Waals surface area contributed by atoms with Gasteiger partial charge in [-0.25, -0.2) is 4.39 Å². The van der Waals surface area contributed by atoms with Gasteiger partial charge in [0.25, 0.3) is 0 Å². The van der Waals surface area contributed by atoms with E-state index in [1.54, 1.807) is 6.07 Å². The van der Waals surface area contributed by atoms with Gasteiger partial charge in [-0.05, 0) is 36.0 Å². The maximum Gasteiger partial charge on any atom is 0.191 e. The average Bonchev–Trinajstić information content (AvgIpc) is 2.99. The number of hydrogen-bond donors (Lipinski definition) is 2. The molecule has 156 valence electrons. The number of rotatable bonds is 3. The van der Waals surface area contributed by atoms with Crippen molar-refractivity contribution in [3.63, 3.8) is 0 Å². The van der Waals surface area contributed by atoms with E-state index < -0.39 is 5.82 Å². The van der Waals surface area contributed by atoms with E-state index in [4.69, 9.17) is 28.9 Å². The predicted octanol–water partition coefficient (Wildman–Crippen LogP) is 3.32. The number of thiocarbonyl (C=S) groups is 1. The molecule has 2 aromatic rings. The summed E-state index contributed by atoms with van der Waals surface area (Å²) in [5.41, 5.74) is 6.00. The molecule has 8 heteroatoms. The Kier molecular flexibility index (Phi) is 5.23. The third-order valence-corrected chi connectivity index (χ3v) is 6.82. The Hall–Kier alpha value is -2.06. The van der Waals surface area contributed by atoms with Crippen molar-refractivity contribution in [1.29, 1.82) is 0 Å². The molecule has 0 saturated carbocycles. The zero-order chi connectivity index (χ0) is 20.7. The SMILES string of the molecule is Fc1ccc(NC(=S)N/N=C2/C3CN4CCN(C3)CC2(c2ccccc2)C4)cc1Cl. The van der Waals surface area contributed by atoms with Gasteiger partial charge in [0.2, 0.25) is 0 Å². The molecule has 5 nitrogen and oxygen atoms in total. The molecule has 2 unspecified atom stereocenters. The Morgan fingerprint density at radius 2 is 1.80 bits per heavy atom. The summed E-state index contributed by atoms with van der Waals surface area (Å²) in [5.74, 6) is -0.0911. The van der Waals surface area contributed by atoms with E-state index >= 15 is 0 Å². The lowest BCUT2D eigenvalue weighted by atomic mass is 9.66. The monoisotopic (exact) mass is 443 g/mol. The molecule has 2 aromatic carbocycles. The summed E-state index contributed by atoms with van der Waals surface area (Å²) in [6, 6.07) is 15.1. The number of fused-ring (bicyclic) bond motifs is 1. The Bertz CT molecular complexity index is 982. The second-order valence-corrected chi connectivity index (χ2v) is 9.12. The van der Waals surface area contributed by atoms with Gasteiger partial charge >= 0.3 is 0 Å². The Labute approximate surface area is 185 Å². The highest BCUT2D eigenvalue weighted by molar-refractivity contribution is 7.80. The molecule has 0 amide bonds. The lowest BCUT2D eigenvalue weighted by molar-refractivity contribution is 0.163. The second kappa shape index (κ2) is 7.89. The molecule has 30 heavy (non-hydrogen) atoms. The van der Waals surface area contributed by atoms with Crippen LogP contribution >= 0.6 is 23.8 Å². The van der Waals surface area contributed by atoms with E-state index in [0.717, 1.165) is 39.3 Å². The predicted molar refractivity (Wildman–Crippen MR) is 123 cm³/mol. The summed E-state index contributed by atoms with van der Waals surface area (Å²) in [7, 11) is 0. The molecule has 4 bridgehead atoms. The van der Waals surface area contributed by atoms with E-state index in [1.165, 1.54) is 23.4 Å². The minimum Gasteiger partial charge on any atom is -0.331 e. The topological polar surface area (TPSA) is 42.9 Å². The molecular weight excluding hydrogens is 421 g/mol. The number of nitrogens with zero attached hydrogens (tertiary/aromatic N) is 3. The smallest absolute Gasteiger partial charge is 0.191 e. The quantitative estimate of drug-likeness (QED) is 0.562. The fourth-order valence-electron chi connectivity index (χ4n) is 5.10. The van der Waals surface area contributed by atoms with Crippen molar-refractivity contribution in [3.8, 4) is 0 Å². The Morgan fingerprint density at radius 1 is 1.10 bits per heavy atom. The largest absolute Gasteiger partial charge is 0.331 e. The van der Waals surface area contributed by atoms with Crippen molar-refractivity contribution < 1.29 is 4.39 Å². The fraction of sp³-hybridized carbons (Fsp3) is 0.364. The summed E-state index contributed by atoms with van der Waals surface area (Å²) in [5, 5.41) is 8.31. The van der Waals surface area contributed by atoms with Crippen LogP contribution < -0.4 is 10.7 Å². The average molecular weight is 444 g/mol.